The van der Waals surface area contributed by atoms with E-state index in [0.29, 0.717) is 6.61 Å². The Morgan fingerprint density at radius 1 is 0.642 bits per heavy atom. The van der Waals surface area contributed by atoms with Crippen LogP contribution in [0.15, 0.2) is 91.0 Å². The summed E-state index contributed by atoms with van der Waals surface area (Å²) in [6.07, 6.45) is -8.41. The predicted octanol–water partition coefficient (Wildman–Crippen LogP) is 5.14. The summed E-state index contributed by atoms with van der Waals surface area (Å²) in [5, 5.41) is 11.9. The van der Waals surface area contributed by atoms with Crippen molar-refractivity contribution in [3.8, 4) is 0 Å². The minimum absolute atomic E-state index is 0.0816. The number of methoxy groups -OCH3 is 2. The lowest BCUT2D eigenvalue weighted by molar-refractivity contribution is -0.324. The topological polar surface area (TPSA) is 122 Å². The second-order valence-corrected chi connectivity index (χ2v) is 14.4. The Bertz CT molecular complexity index is 1510. The van der Waals surface area contributed by atoms with E-state index in [2.05, 4.69) is 0 Å². The summed E-state index contributed by atoms with van der Waals surface area (Å²) in [7, 11) is 3.04. The zero-order valence-corrected chi connectivity index (χ0v) is 31.4. The molecule has 1 N–H and O–H groups in total. The SMILES string of the molecule is COC(OC)[C@@H]1OC(C)(C)O[C@H]1[C@H](O[C@@H]1O[C@H](COCc2ccccc2)[C@@H]2OC(C)(C)O[C@@H]2[C@H]1OCc1ccccc1)[C@H](O)COCc1ccccc1. The van der Waals surface area contributed by atoms with Crippen LogP contribution >= 0.6 is 0 Å². The third kappa shape index (κ3) is 10.5. The van der Waals surface area contributed by atoms with Crippen molar-refractivity contribution in [1.29, 1.82) is 0 Å². The first-order chi connectivity index (χ1) is 25.6. The van der Waals surface area contributed by atoms with Gasteiger partial charge in [-0.3, -0.25) is 0 Å². The van der Waals surface area contributed by atoms with E-state index in [4.69, 9.17) is 52.1 Å². The second-order valence-electron chi connectivity index (χ2n) is 14.4. The van der Waals surface area contributed by atoms with Crippen LogP contribution in [0.3, 0.4) is 0 Å². The number of fused-ring (bicyclic) bond motifs is 1. The van der Waals surface area contributed by atoms with Gasteiger partial charge in [-0.1, -0.05) is 91.0 Å². The van der Waals surface area contributed by atoms with Crippen LogP contribution < -0.4 is 0 Å². The number of hydrogen-bond acceptors (Lipinski definition) is 12. The van der Waals surface area contributed by atoms with E-state index < -0.39 is 73.0 Å². The number of aliphatic hydroxyl groups is 1. The molecule has 3 aliphatic heterocycles. The molecule has 3 aromatic rings. The van der Waals surface area contributed by atoms with Crippen molar-refractivity contribution in [2.45, 2.75) is 121 Å². The van der Waals surface area contributed by atoms with Gasteiger partial charge in [-0.2, -0.15) is 0 Å². The lowest BCUT2D eigenvalue weighted by atomic mass is 9.98. The Hall–Kier alpha value is -2.82. The van der Waals surface area contributed by atoms with Gasteiger partial charge in [-0.15, -0.1) is 0 Å². The molecule has 0 aliphatic carbocycles. The largest absolute Gasteiger partial charge is 0.388 e. The summed E-state index contributed by atoms with van der Waals surface area (Å²) in [6, 6.07) is 29.5. The van der Waals surface area contributed by atoms with Crippen LogP contribution in [0.1, 0.15) is 44.4 Å². The van der Waals surface area contributed by atoms with E-state index in [1.807, 2.05) is 105 Å². The van der Waals surface area contributed by atoms with E-state index >= 15 is 0 Å². The minimum atomic E-state index is -1.21. The summed E-state index contributed by atoms with van der Waals surface area (Å²) >= 11 is 0. The van der Waals surface area contributed by atoms with Gasteiger partial charge in [0, 0.05) is 14.2 Å². The van der Waals surface area contributed by atoms with Gasteiger partial charge in [0.1, 0.15) is 48.8 Å². The number of rotatable bonds is 18. The molecule has 3 heterocycles. The zero-order valence-electron chi connectivity index (χ0n) is 31.4. The average molecular weight is 739 g/mol. The van der Waals surface area contributed by atoms with Crippen LogP contribution in [0.4, 0.5) is 0 Å². The van der Waals surface area contributed by atoms with Crippen molar-refractivity contribution in [3.05, 3.63) is 108 Å². The van der Waals surface area contributed by atoms with Crippen LogP contribution in [-0.2, 0) is 71.9 Å². The summed E-state index contributed by atoms with van der Waals surface area (Å²) in [6.45, 7) is 8.31. The molecule has 0 aromatic heterocycles. The van der Waals surface area contributed by atoms with Gasteiger partial charge < -0.3 is 57.2 Å². The molecule has 53 heavy (non-hydrogen) atoms. The molecule has 12 heteroatoms. The van der Waals surface area contributed by atoms with E-state index in [-0.39, 0.29) is 26.4 Å². The molecule has 3 aromatic carbocycles. The highest BCUT2D eigenvalue weighted by Gasteiger charge is 2.58. The second kappa shape index (κ2) is 18.2. The Kier molecular flexibility index (Phi) is 13.7. The number of benzene rings is 3. The van der Waals surface area contributed by atoms with E-state index in [0.717, 1.165) is 16.7 Å². The zero-order chi connectivity index (χ0) is 37.4. The maximum atomic E-state index is 11.9. The summed E-state index contributed by atoms with van der Waals surface area (Å²) in [4.78, 5) is 0. The lowest BCUT2D eigenvalue weighted by Crippen LogP contribution is -2.61. The van der Waals surface area contributed by atoms with Crippen molar-refractivity contribution in [2.24, 2.45) is 0 Å². The highest BCUT2D eigenvalue weighted by atomic mass is 16.8. The molecule has 0 spiro atoms. The molecule has 0 bridgehead atoms. The average Bonchev–Trinajstić information content (AvgIpc) is 3.66. The van der Waals surface area contributed by atoms with Gasteiger partial charge >= 0.3 is 0 Å². The first-order valence-corrected chi connectivity index (χ1v) is 18.2. The summed E-state index contributed by atoms with van der Waals surface area (Å²) in [5.41, 5.74) is 2.95. The van der Waals surface area contributed by atoms with E-state index in [9.17, 15) is 5.11 Å². The highest BCUT2D eigenvalue weighted by molar-refractivity contribution is 5.15. The number of hydrogen-bond donors (Lipinski definition) is 1. The monoisotopic (exact) mass is 738 g/mol. The van der Waals surface area contributed by atoms with Gasteiger partial charge in [-0.05, 0) is 44.4 Å². The van der Waals surface area contributed by atoms with Crippen molar-refractivity contribution in [2.75, 3.05) is 27.4 Å². The maximum absolute atomic E-state index is 11.9. The van der Waals surface area contributed by atoms with E-state index in [1.165, 1.54) is 14.2 Å². The fraction of sp³-hybridized carbons (Fsp3) is 0.561. The molecule has 3 saturated heterocycles. The summed E-state index contributed by atoms with van der Waals surface area (Å²) in [5.74, 6) is -2.00. The molecule has 3 aliphatic rings. The molecule has 3 fully saturated rings. The molecule has 290 valence electrons. The Morgan fingerprint density at radius 2 is 1.15 bits per heavy atom. The predicted molar refractivity (Wildman–Crippen MR) is 192 cm³/mol. The first kappa shape index (κ1) is 39.9. The number of ether oxygens (including phenoxy) is 11. The van der Waals surface area contributed by atoms with Crippen molar-refractivity contribution >= 4 is 0 Å². The van der Waals surface area contributed by atoms with Crippen LogP contribution in [0.2, 0.25) is 0 Å². The smallest absolute Gasteiger partial charge is 0.187 e. The molecule has 0 radical (unpaired) electrons. The molecule has 6 rings (SSSR count). The normalized spacial score (nSPS) is 28.9. The van der Waals surface area contributed by atoms with Crippen molar-refractivity contribution in [3.63, 3.8) is 0 Å². The lowest BCUT2D eigenvalue weighted by Gasteiger charge is -2.44. The third-order valence-electron chi connectivity index (χ3n) is 9.40. The van der Waals surface area contributed by atoms with Gasteiger partial charge in [0.05, 0.1) is 33.0 Å². The van der Waals surface area contributed by atoms with Gasteiger partial charge in [-0.25, -0.2) is 0 Å². The molecule has 9 atom stereocenters. The molecule has 12 nitrogen and oxygen atoms in total. The molecular weight excluding hydrogens is 684 g/mol. The van der Waals surface area contributed by atoms with Crippen LogP contribution in [0, 0.1) is 0 Å². The Labute approximate surface area is 312 Å². The minimum Gasteiger partial charge on any atom is -0.388 e. The Morgan fingerprint density at radius 3 is 1.74 bits per heavy atom. The van der Waals surface area contributed by atoms with E-state index in [1.54, 1.807) is 13.8 Å². The van der Waals surface area contributed by atoms with Gasteiger partial charge in [0.2, 0.25) is 0 Å². The molecule has 0 unspecified atom stereocenters. The van der Waals surface area contributed by atoms with Gasteiger partial charge in [0.15, 0.2) is 24.2 Å². The molecular formula is C41H54O12. The van der Waals surface area contributed by atoms with Crippen LogP contribution in [0.25, 0.3) is 0 Å². The number of aliphatic hydroxyl groups excluding tert-OH is 1. The molecule has 0 saturated carbocycles. The third-order valence-corrected chi connectivity index (χ3v) is 9.40. The fourth-order valence-corrected chi connectivity index (χ4v) is 7.05. The van der Waals surface area contributed by atoms with Crippen molar-refractivity contribution in [1.82, 2.24) is 0 Å². The highest BCUT2D eigenvalue weighted by Crippen LogP contribution is 2.41. The van der Waals surface area contributed by atoms with Crippen LogP contribution in [-0.4, -0.2) is 106 Å². The quantitative estimate of drug-likeness (QED) is 0.174. The van der Waals surface area contributed by atoms with Crippen molar-refractivity contribution < 1.29 is 57.2 Å². The summed E-state index contributed by atoms with van der Waals surface area (Å²) < 4.78 is 69.5. The molecule has 0 amide bonds. The fourth-order valence-electron chi connectivity index (χ4n) is 7.05. The first-order valence-electron chi connectivity index (χ1n) is 18.2. The Balaban J connectivity index is 1.30. The maximum Gasteiger partial charge on any atom is 0.187 e. The van der Waals surface area contributed by atoms with Gasteiger partial charge in [0.25, 0.3) is 0 Å². The standard InChI is InChI=1S/C41H54O12/c1-40(2)50-33-31(26-46-23-28-18-12-8-13-19-28)48-39(36(35(33)52-40)47-24-29-20-14-9-15-21-29)49-32(30(42)25-45-22-27-16-10-7-11-17-27)34-37(38(43-5)44-6)53-41(3,4)51-34/h7-21,30-39,42H,22-26H2,1-6H3/t30-,31-,32-,33+,34+,35+,36-,37-,39+/m1/s1. The van der Waals surface area contributed by atoms with Crippen LogP contribution in [0.5, 0.6) is 0 Å².